The van der Waals surface area contributed by atoms with E-state index in [4.69, 9.17) is 27.9 Å². The Morgan fingerprint density at radius 2 is 2.19 bits per heavy atom. The van der Waals surface area contributed by atoms with Crippen molar-refractivity contribution < 1.29 is 9.53 Å². The number of nitrogens with one attached hydrogen (secondary N) is 1. The first-order chi connectivity index (χ1) is 7.45. The van der Waals surface area contributed by atoms with Crippen molar-refractivity contribution in [1.29, 1.82) is 0 Å². The summed E-state index contributed by atoms with van der Waals surface area (Å²) in [6.07, 6.45) is 0. The van der Waals surface area contributed by atoms with Gasteiger partial charge in [-0.3, -0.25) is 4.79 Å². The fraction of sp³-hybridized carbons (Fsp3) is 0.300. The molecule has 1 amide bonds. The predicted octanol–water partition coefficient (Wildman–Crippen LogP) is 3.68. The number of rotatable bonds is 3. The number of halogens is 3. The molecule has 1 aromatic rings. The lowest BCUT2D eigenvalue weighted by molar-refractivity contribution is -0.115. The molecule has 0 fully saturated rings. The van der Waals surface area contributed by atoms with Gasteiger partial charge in [-0.25, -0.2) is 0 Å². The Morgan fingerprint density at radius 1 is 1.56 bits per heavy atom. The molecule has 0 spiro atoms. The van der Waals surface area contributed by atoms with Crippen LogP contribution in [0.25, 0.3) is 0 Å². The zero-order valence-electron chi connectivity index (χ0n) is 8.68. The van der Waals surface area contributed by atoms with Crippen LogP contribution in [0.3, 0.4) is 0 Å². The molecule has 1 rings (SSSR count). The van der Waals surface area contributed by atoms with Crippen LogP contribution in [0.5, 0.6) is 5.75 Å². The van der Waals surface area contributed by atoms with Gasteiger partial charge in [0.15, 0.2) is 5.75 Å². The van der Waals surface area contributed by atoms with E-state index in [0.29, 0.717) is 20.9 Å². The summed E-state index contributed by atoms with van der Waals surface area (Å²) in [5.41, 5.74) is 0.486. The number of hydrogen-bond donors (Lipinski definition) is 1. The van der Waals surface area contributed by atoms with Crippen molar-refractivity contribution in [2.24, 2.45) is 0 Å². The molecule has 1 atom stereocenters. The lowest BCUT2D eigenvalue weighted by Crippen LogP contribution is -2.20. The highest BCUT2D eigenvalue weighted by Gasteiger charge is 2.15. The summed E-state index contributed by atoms with van der Waals surface area (Å²) in [7, 11) is 1.51. The third-order valence-corrected chi connectivity index (χ3v) is 2.84. The fourth-order valence-electron chi connectivity index (χ4n) is 1.09. The summed E-state index contributed by atoms with van der Waals surface area (Å²) < 4.78 is 5.82. The van der Waals surface area contributed by atoms with E-state index < -0.39 is 5.38 Å². The molecule has 16 heavy (non-hydrogen) atoms. The van der Waals surface area contributed by atoms with Crippen molar-refractivity contribution in [1.82, 2.24) is 0 Å². The van der Waals surface area contributed by atoms with E-state index in [-0.39, 0.29) is 5.91 Å². The Kier molecular flexibility index (Phi) is 4.89. The Balaban J connectivity index is 3.07. The van der Waals surface area contributed by atoms with Gasteiger partial charge in [-0.2, -0.15) is 0 Å². The van der Waals surface area contributed by atoms with Gasteiger partial charge in [0, 0.05) is 5.02 Å². The standard InChI is InChI=1S/C10H10BrCl2NO2/c1-5(12)10(15)14-8-4-6(13)3-7(11)9(8)16-2/h3-5H,1-2H3,(H,14,15). The molecule has 0 radical (unpaired) electrons. The van der Waals surface area contributed by atoms with Crippen molar-refractivity contribution in [2.45, 2.75) is 12.3 Å². The van der Waals surface area contributed by atoms with E-state index >= 15 is 0 Å². The topological polar surface area (TPSA) is 38.3 Å². The van der Waals surface area contributed by atoms with E-state index in [1.807, 2.05) is 0 Å². The first-order valence-corrected chi connectivity index (χ1v) is 6.04. The molecule has 0 aromatic heterocycles. The molecule has 0 aliphatic carbocycles. The minimum Gasteiger partial charge on any atom is -0.493 e. The summed E-state index contributed by atoms with van der Waals surface area (Å²) in [5.74, 6) is 0.198. The second-order valence-electron chi connectivity index (χ2n) is 3.07. The van der Waals surface area contributed by atoms with Crippen molar-refractivity contribution in [3.05, 3.63) is 21.6 Å². The summed E-state index contributed by atoms with van der Waals surface area (Å²) in [6.45, 7) is 1.59. The molecule has 0 heterocycles. The minimum absolute atomic E-state index is 0.311. The Morgan fingerprint density at radius 3 is 2.69 bits per heavy atom. The van der Waals surface area contributed by atoms with E-state index in [9.17, 15) is 4.79 Å². The lowest BCUT2D eigenvalue weighted by atomic mass is 10.3. The summed E-state index contributed by atoms with van der Waals surface area (Å²) in [4.78, 5) is 11.4. The smallest absolute Gasteiger partial charge is 0.242 e. The molecule has 1 unspecified atom stereocenters. The molecular formula is C10H10BrCl2NO2. The van der Waals surface area contributed by atoms with Crippen LogP contribution in [-0.2, 0) is 4.79 Å². The second-order valence-corrected chi connectivity index (χ2v) is 5.02. The number of carbonyl (C=O) groups is 1. The number of amides is 1. The van der Waals surface area contributed by atoms with Gasteiger partial charge in [0.1, 0.15) is 5.38 Å². The van der Waals surface area contributed by atoms with Gasteiger partial charge in [-0.1, -0.05) is 11.6 Å². The number of anilines is 1. The monoisotopic (exact) mass is 325 g/mol. The molecule has 0 saturated carbocycles. The van der Waals surface area contributed by atoms with Crippen molar-refractivity contribution in [2.75, 3.05) is 12.4 Å². The second kappa shape index (κ2) is 5.75. The highest BCUT2D eigenvalue weighted by Crippen LogP contribution is 2.36. The molecule has 88 valence electrons. The molecule has 1 N–H and O–H groups in total. The Labute approximate surface area is 112 Å². The van der Waals surface area contributed by atoms with Crippen LogP contribution in [0, 0.1) is 0 Å². The molecular weight excluding hydrogens is 317 g/mol. The molecule has 1 aromatic carbocycles. The van der Waals surface area contributed by atoms with Crippen molar-refractivity contribution >= 4 is 50.7 Å². The van der Waals surface area contributed by atoms with Crippen LogP contribution in [0.15, 0.2) is 16.6 Å². The Hall–Kier alpha value is -0.450. The van der Waals surface area contributed by atoms with Gasteiger partial charge in [-0.05, 0) is 35.0 Å². The summed E-state index contributed by atoms with van der Waals surface area (Å²) >= 11 is 14.8. The third-order valence-electron chi connectivity index (χ3n) is 1.83. The quantitative estimate of drug-likeness (QED) is 0.860. The van der Waals surface area contributed by atoms with Gasteiger partial charge in [0.2, 0.25) is 5.91 Å². The van der Waals surface area contributed by atoms with Gasteiger partial charge >= 0.3 is 0 Å². The maximum absolute atomic E-state index is 11.4. The number of benzene rings is 1. The zero-order chi connectivity index (χ0) is 12.3. The van der Waals surface area contributed by atoms with Crippen LogP contribution < -0.4 is 10.1 Å². The van der Waals surface area contributed by atoms with Crippen LogP contribution in [0.1, 0.15) is 6.92 Å². The van der Waals surface area contributed by atoms with E-state index in [1.165, 1.54) is 7.11 Å². The molecule has 6 heteroatoms. The largest absolute Gasteiger partial charge is 0.493 e. The van der Waals surface area contributed by atoms with E-state index in [1.54, 1.807) is 19.1 Å². The van der Waals surface area contributed by atoms with E-state index in [0.717, 1.165) is 0 Å². The van der Waals surface area contributed by atoms with Gasteiger partial charge in [-0.15, -0.1) is 11.6 Å². The number of ether oxygens (including phenoxy) is 1. The van der Waals surface area contributed by atoms with Crippen LogP contribution in [0.4, 0.5) is 5.69 Å². The van der Waals surface area contributed by atoms with Crippen molar-refractivity contribution in [3.63, 3.8) is 0 Å². The first kappa shape index (κ1) is 13.6. The highest BCUT2D eigenvalue weighted by molar-refractivity contribution is 9.10. The molecule has 3 nitrogen and oxygen atoms in total. The predicted molar refractivity (Wildman–Crippen MR) is 69.6 cm³/mol. The van der Waals surface area contributed by atoms with Crippen LogP contribution in [0.2, 0.25) is 5.02 Å². The SMILES string of the molecule is COc1c(Br)cc(Cl)cc1NC(=O)C(C)Cl. The van der Waals surface area contributed by atoms with Crippen molar-refractivity contribution in [3.8, 4) is 5.75 Å². The lowest BCUT2D eigenvalue weighted by Gasteiger charge is -2.13. The zero-order valence-corrected chi connectivity index (χ0v) is 11.8. The number of hydrogen-bond acceptors (Lipinski definition) is 2. The van der Waals surface area contributed by atoms with E-state index in [2.05, 4.69) is 21.2 Å². The maximum Gasteiger partial charge on any atom is 0.242 e. The summed E-state index contributed by atoms with van der Waals surface area (Å²) in [5, 5.41) is 2.50. The average Bonchev–Trinajstić information content (AvgIpc) is 2.16. The van der Waals surface area contributed by atoms with Crippen LogP contribution in [-0.4, -0.2) is 18.4 Å². The molecule has 0 bridgehead atoms. The maximum atomic E-state index is 11.4. The summed E-state index contributed by atoms with van der Waals surface area (Å²) in [6, 6.07) is 3.28. The number of carbonyl (C=O) groups excluding carboxylic acids is 1. The first-order valence-electron chi connectivity index (χ1n) is 4.43. The van der Waals surface area contributed by atoms with Gasteiger partial charge in [0.25, 0.3) is 0 Å². The Bertz CT molecular complexity index is 410. The highest BCUT2D eigenvalue weighted by atomic mass is 79.9. The molecule has 0 saturated heterocycles. The van der Waals surface area contributed by atoms with Crippen LogP contribution >= 0.6 is 39.1 Å². The fourth-order valence-corrected chi connectivity index (χ4v) is 2.12. The third kappa shape index (κ3) is 3.27. The normalized spacial score (nSPS) is 12.1. The number of methoxy groups -OCH3 is 1. The number of alkyl halides is 1. The van der Waals surface area contributed by atoms with Gasteiger partial charge < -0.3 is 10.1 Å². The molecule has 0 aliphatic heterocycles. The molecule has 0 aliphatic rings. The average molecular weight is 327 g/mol. The van der Waals surface area contributed by atoms with Gasteiger partial charge in [0.05, 0.1) is 17.3 Å². The minimum atomic E-state index is -0.623.